The van der Waals surface area contributed by atoms with Crippen molar-refractivity contribution in [2.24, 2.45) is 0 Å². The third-order valence-corrected chi connectivity index (χ3v) is 6.21. The van der Waals surface area contributed by atoms with E-state index in [2.05, 4.69) is 31.5 Å². The summed E-state index contributed by atoms with van der Waals surface area (Å²) in [7, 11) is 0. The maximum atomic E-state index is 12.6. The monoisotopic (exact) mass is 497 g/mol. The molecule has 28 heavy (non-hydrogen) atoms. The number of aryl methyl sites for hydroxylation is 1. The summed E-state index contributed by atoms with van der Waals surface area (Å²) in [4.78, 5) is 17.9. The van der Waals surface area contributed by atoms with E-state index >= 15 is 0 Å². The molecule has 0 aliphatic rings. The van der Waals surface area contributed by atoms with Crippen LogP contribution >= 0.6 is 50.5 Å². The van der Waals surface area contributed by atoms with Gasteiger partial charge in [-0.25, -0.2) is 4.98 Å². The number of anilines is 2. The highest BCUT2D eigenvalue weighted by Gasteiger charge is 2.18. The number of thiazole rings is 1. The molecule has 1 aromatic heterocycles. The molecule has 2 aromatic carbocycles. The smallest absolute Gasteiger partial charge is 0.247 e. The topological polar surface area (TPSA) is 54.0 Å². The van der Waals surface area contributed by atoms with Gasteiger partial charge in [-0.3, -0.25) is 4.79 Å². The number of amides is 1. The number of nitrogens with one attached hydrogen (secondary N) is 2. The second-order valence-electron chi connectivity index (χ2n) is 6.37. The molecular weight excluding hydrogens is 481 g/mol. The zero-order valence-electron chi connectivity index (χ0n) is 15.2. The number of carbonyl (C=O) groups excluding carboxylic acids is 1. The van der Waals surface area contributed by atoms with Crippen LogP contribution in [0.2, 0.25) is 10.0 Å². The molecule has 0 saturated carbocycles. The van der Waals surface area contributed by atoms with Crippen molar-refractivity contribution in [2.45, 2.75) is 26.3 Å². The van der Waals surface area contributed by atoms with E-state index in [4.69, 9.17) is 23.2 Å². The molecule has 2 N–H and O–H groups in total. The molecule has 0 fully saturated rings. The van der Waals surface area contributed by atoms with E-state index in [0.717, 1.165) is 16.1 Å². The summed E-state index contributed by atoms with van der Waals surface area (Å²) in [6, 6.07) is 12.8. The molecule has 0 bridgehead atoms. The standard InChI is InChI=1S/C20H18BrCl2N3OS/c1-11-3-6-15(7-4-11)24-12(2)19(27)25-18-17(28-20(21)26-18)10-13-9-14(22)5-8-16(13)23/h3-9,12,24H,10H2,1-2H3,(H,25,27)/t12-/m0/s1. The summed E-state index contributed by atoms with van der Waals surface area (Å²) in [6.45, 7) is 3.83. The van der Waals surface area contributed by atoms with Crippen molar-refractivity contribution < 1.29 is 4.79 Å². The molecule has 3 rings (SSSR count). The molecule has 1 amide bonds. The van der Waals surface area contributed by atoms with Gasteiger partial charge >= 0.3 is 0 Å². The van der Waals surface area contributed by atoms with E-state index in [9.17, 15) is 4.79 Å². The van der Waals surface area contributed by atoms with Gasteiger partial charge in [0.2, 0.25) is 5.91 Å². The Bertz CT molecular complexity index is 992. The van der Waals surface area contributed by atoms with Crippen LogP contribution < -0.4 is 10.6 Å². The summed E-state index contributed by atoms with van der Waals surface area (Å²) in [5.41, 5.74) is 2.93. The fraction of sp³-hybridized carbons (Fsp3) is 0.200. The van der Waals surface area contributed by atoms with E-state index in [1.54, 1.807) is 12.1 Å². The van der Waals surface area contributed by atoms with Gasteiger partial charge in [0.25, 0.3) is 0 Å². The SMILES string of the molecule is Cc1ccc(N[C@@H](C)C(=O)Nc2nc(Br)sc2Cc2cc(Cl)ccc2Cl)cc1. The average molecular weight is 499 g/mol. The van der Waals surface area contributed by atoms with Crippen molar-refractivity contribution in [2.75, 3.05) is 10.6 Å². The Labute approximate surface area is 186 Å². The zero-order chi connectivity index (χ0) is 20.3. The van der Waals surface area contributed by atoms with E-state index in [0.29, 0.717) is 26.2 Å². The van der Waals surface area contributed by atoms with Crippen molar-refractivity contribution in [3.63, 3.8) is 0 Å². The van der Waals surface area contributed by atoms with Crippen LogP contribution in [-0.4, -0.2) is 16.9 Å². The van der Waals surface area contributed by atoms with Gasteiger partial charge in [-0.2, -0.15) is 0 Å². The first-order valence-corrected chi connectivity index (χ1v) is 10.9. The second kappa shape index (κ2) is 9.27. The number of hydrogen-bond acceptors (Lipinski definition) is 4. The predicted molar refractivity (Wildman–Crippen MR) is 122 cm³/mol. The first kappa shape index (κ1) is 21.1. The maximum Gasteiger partial charge on any atom is 0.247 e. The lowest BCUT2D eigenvalue weighted by molar-refractivity contribution is -0.116. The normalized spacial score (nSPS) is 11.9. The molecule has 0 spiro atoms. The molecule has 3 aromatic rings. The minimum Gasteiger partial charge on any atom is -0.374 e. The highest BCUT2D eigenvalue weighted by atomic mass is 79.9. The fourth-order valence-corrected chi connectivity index (χ4v) is 4.49. The number of nitrogens with zero attached hydrogens (tertiary/aromatic N) is 1. The van der Waals surface area contributed by atoms with Crippen LogP contribution in [0, 0.1) is 6.92 Å². The molecule has 0 aliphatic heterocycles. The molecule has 1 atom stereocenters. The Morgan fingerprint density at radius 1 is 1.21 bits per heavy atom. The van der Waals surface area contributed by atoms with Crippen molar-refractivity contribution in [1.82, 2.24) is 4.98 Å². The van der Waals surface area contributed by atoms with Gasteiger partial charge in [0.1, 0.15) is 11.9 Å². The largest absolute Gasteiger partial charge is 0.374 e. The predicted octanol–water partition coefficient (Wildman–Crippen LogP) is 6.55. The summed E-state index contributed by atoms with van der Waals surface area (Å²) >= 11 is 17.2. The van der Waals surface area contributed by atoms with Crippen LogP contribution in [0.1, 0.15) is 22.9 Å². The molecule has 0 aliphatic carbocycles. The Hall–Kier alpha value is -1.60. The number of hydrogen-bond donors (Lipinski definition) is 2. The second-order valence-corrected chi connectivity index (χ2v) is 9.58. The zero-order valence-corrected chi connectivity index (χ0v) is 19.1. The van der Waals surface area contributed by atoms with Gasteiger partial charge in [-0.1, -0.05) is 40.9 Å². The molecule has 0 radical (unpaired) electrons. The van der Waals surface area contributed by atoms with E-state index in [1.165, 1.54) is 16.9 Å². The first-order valence-electron chi connectivity index (χ1n) is 8.55. The molecule has 1 heterocycles. The minimum absolute atomic E-state index is 0.170. The van der Waals surface area contributed by atoms with Crippen LogP contribution in [0.4, 0.5) is 11.5 Å². The highest BCUT2D eigenvalue weighted by molar-refractivity contribution is 9.11. The van der Waals surface area contributed by atoms with E-state index in [1.807, 2.05) is 44.2 Å². The highest BCUT2D eigenvalue weighted by Crippen LogP contribution is 2.32. The molecule has 146 valence electrons. The van der Waals surface area contributed by atoms with Gasteiger partial charge in [0, 0.05) is 22.2 Å². The van der Waals surface area contributed by atoms with Crippen molar-refractivity contribution in [1.29, 1.82) is 0 Å². The van der Waals surface area contributed by atoms with Crippen LogP contribution in [0.25, 0.3) is 0 Å². The number of halogens is 3. The summed E-state index contributed by atoms with van der Waals surface area (Å²) < 4.78 is 0.690. The van der Waals surface area contributed by atoms with Gasteiger partial charge < -0.3 is 10.6 Å². The maximum absolute atomic E-state index is 12.6. The van der Waals surface area contributed by atoms with Gasteiger partial charge in [0.15, 0.2) is 3.92 Å². The third-order valence-electron chi connectivity index (χ3n) is 4.10. The lowest BCUT2D eigenvalue weighted by Crippen LogP contribution is -2.32. The molecule has 4 nitrogen and oxygen atoms in total. The Balaban J connectivity index is 1.72. The Kier molecular flexibility index (Phi) is 6.99. The summed E-state index contributed by atoms with van der Waals surface area (Å²) in [5, 5.41) is 7.34. The quantitative estimate of drug-likeness (QED) is 0.405. The average Bonchev–Trinajstić information content (AvgIpc) is 2.99. The van der Waals surface area contributed by atoms with Crippen molar-refractivity contribution >= 4 is 67.9 Å². The van der Waals surface area contributed by atoms with Gasteiger partial charge in [-0.05, 0) is 65.7 Å². The third kappa shape index (κ3) is 5.47. The Morgan fingerprint density at radius 2 is 1.93 bits per heavy atom. The number of benzene rings is 2. The lowest BCUT2D eigenvalue weighted by Gasteiger charge is -2.15. The fourth-order valence-electron chi connectivity index (χ4n) is 2.58. The van der Waals surface area contributed by atoms with Crippen LogP contribution in [0.5, 0.6) is 0 Å². The number of carbonyl (C=O) groups is 1. The molecule has 0 saturated heterocycles. The molecular formula is C20H18BrCl2N3OS. The minimum atomic E-state index is -0.425. The molecule has 8 heteroatoms. The molecule has 0 unspecified atom stereocenters. The van der Waals surface area contributed by atoms with Crippen molar-refractivity contribution in [3.8, 4) is 0 Å². The first-order chi connectivity index (χ1) is 13.3. The van der Waals surface area contributed by atoms with Gasteiger partial charge in [-0.15, -0.1) is 11.3 Å². The van der Waals surface area contributed by atoms with Crippen molar-refractivity contribution in [3.05, 3.63) is 72.4 Å². The number of rotatable bonds is 6. The summed E-state index contributed by atoms with van der Waals surface area (Å²) in [6.07, 6.45) is 0.526. The Morgan fingerprint density at radius 3 is 2.64 bits per heavy atom. The van der Waals surface area contributed by atoms with E-state index in [-0.39, 0.29) is 5.91 Å². The van der Waals surface area contributed by atoms with Gasteiger partial charge in [0.05, 0.1) is 4.88 Å². The van der Waals surface area contributed by atoms with Crippen LogP contribution in [0.3, 0.4) is 0 Å². The van der Waals surface area contributed by atoms with E-state index < -0.39 is 6.04 Å². The summed E-state index contributed by atoms with van der Waals surface area (Å²) in [5.74, 6) is 0.354. The number of aromatic nitrogens is 1. The lowest BCUT2D eigenvalue weighted by atomic mass is 10.1. The van der Waals surface area contributed by atoms with Crippen LogP contribution in [-0.2, 0) is 11.2 Å². The van der Waals surface area contributed by atoms with Crippen LogP contribution in [0.15, 0.2) is 46.4 Å².